The SMILES string of the molecule is Cc1ccnc(CCc2cccc([C@@H](N)Cc3cc(C)cc(N)n3)c2)c1. The largest absolute Gasteiger partial charge is 0.384 e. The van der Waals surface area contributed by atoms with Gasteiger partial charge in [0, 0.05) is 30.0 Å². The van der Waals surface area contributed by atoms with Gasteiger partial charge in [-0.1, -0.05) is 24.3 Å². The Kier molecular flexibility index (Phi) is 5.64. The number of anilines is 1. The Balaban J connectivity index is 1.67. The normalized spacial score (nSPS) is 12.1. The maximum atomic E-state index is 6.43. The molecule has 0 saturated carbocycles. The number of pyridine rings is 2. The Bertz CT molecular complexity index is 869. The second-order valence-corrected chi connectivity index (χ2v) is 6.94. The molecule has 26 heavy (non-hydrogen) atoms. The third kappa shape index (κ3) is 4.90. The topological polar surface area (TPSA) is 77.8 Å². The standard InChI is InChI=1S/C22H26N4/c1-15-8-9-25-19(10-15)7-6-17-4-3-5-18(13-17)21(23)14-20-11-16(2)12-22(24)26-20/h3-5,8-13,21H,6-7,14,23H2,1-2H3,(H2,24,26)/t21-/m0/s1. The molecule has 1 atom stereocenters. The van der Waals surface area contributed by atoms with Crippen LogP contribution in [0.2, 0.25) is 0 Å². The minimum absolute atomic E-state index is 0.0965. The number of aromatic nitrogens is 2. The van der Waals surface area contributed by atoms with Gasteiger partial charge in [-0.15, -0.1) is 0 Å². The van der Waals surface area contributed by atoms with Gasteiger partial charge >= 0.3 is 0 Å². The Morgan fingerprint density at radius 1 is 0.923 bits per heavy atom. The van der Waals surface area contributed by atoms with Crippen molar-refractivity contribution in [2.45, 2.75) is 39.2 Å². The fourth-order valence-electron chi connectivity index (χ4n) is 3.20. The predicted molar refractivity (Wildman–Crippen MR) is 107 cm³/mol. The average Bonchev–Trinajstić information content (AvgIpc) is 2.59. The summed E-state index contributed by atoms with van der Waals surface area (Å²) >= 11 is 0. The molecule has 0 aliphatic heterocycles. The van der Waals surface area contributed by atoms with Gasteiger partial charge in [-0.3, -0.25) is 4.98 Å². The molecule has 0 saturated heterocycles. The summed E-state index contributed by atoms with van der Waals surface area (Å²) in [6, 6.07) is 16.5. The van der Waals surface area contributed by atoms with Crippen molar-refractivity contribution in [3.05, 3.63) is 88.4 Å². The Hall–Kier alpha value is -2.72. The molecule has 0 amide bonds. The van der Waals surface area contributed by atoms with Crippen LogP contribution in [0.5, 0.6) is 0 Å². The van der Waals surface area contributed by atoms with Gasteiger partial charge < -0.3 is 11.5 Å². The van der Waals surface area contributed by atoms with Crippen LogP contribution in [0.3, 0.4) is 0 Å². The maximum absolute atomic E-state index is 6.43. The van der Waals surface area contributed by atoms with Gasteiger partial charge in [-0.25, -0.2) is 4.98 Å². The number of aryl methyl sites for hydroxylation is 4. The first-order valence-electron chi connectivity index (χ1n) is 8.98. The predicted octanol–water partition coefficient (Wildman–Crippen LogP) is 3.70. The highest BCUT2D eigenvalue weighted by Crippen LogP contribution is 2.19. The molecule has 3 aromatic rings. The molecule has 1 aromatic carbocycles. The first kappa shape index (κ1) is 18.1. The van der Waals surface area contributed by atoms with Crippen LogP contribution in [0.25, 0.3) is 0 Å². The Labute approximate surface area is 155 Å². The van der Waals surface area contributed by atoms with Crippen molar-refractivity contribution in [1.29, 1.82) is 0 Å². The number of nitrogens with two attached hydrogens (primary N) is 2. The molecular weight excluding hydrogens is 320 g/mol. The van der Waals surface area contributed by atoms with Crippen molar-refractivity contribution >= 4 is 5.82 Å². The summed E-state index contributed by atoms with van der Waals surface area (Å²) in [7, 11) is 0. The van der Waals surface area contributed by atoms with Crippen LogP contribution in [-0.4, -0.2) is 9.97 Å². The minimum Gasteiger partial charge on any atom is -0.384 e. The maximum Gasteiger partial charge on any atom is 0.123 e. The second-order valence-electron chi connectivity index (χ2n) is 6.94. The van der Waals surface area contributed by atoms with E-state index < -0.39 is 0 Å². The Morgan fingerprint density at radius 3 is 2.50 bits per heavy atom. The number of hydrogen-bond acceptors (Lipinski definition) is 4. The van der Waals surface area contributed by atoms with E-state index in [2.05, 4.69) is 47.2 Å². The zero-order valence-electron chi connectivity index (χ0n) is 15.4. The van der Waals surface area contributed by atoms with Crippen molar-refractivity contribution in [2.24, 2.45) is 5.73 Å². The quantitative estimate of drug-likeness (QED) is 0.713. The number of nitrogen functional groups attached to an aromatic ring is 1. The highest BCUT2D eigenvalue weighted by Gasteiger charge is 2.10. The first-order valence-corrected chi connectivity index (χ1v) is 8.98. The monoisotopic (exact) mass is 346 g/mol. The molecule has 2 aromatic heterocycles. The molecule has 134 valence electrons. The molecule has 4 nitrogen and oxygen atoms in total. The lowest BCUT2D eigenvalue weighted by Crippen LogP contribution is -2.15. The Morgan fingerprint density at radius 2 is 1.73 bits per heavy atom. The third-order valence-electron chi connectivity index (χ3n) is 4.49. The lowest BCUT2D eigenvalue weighted by Gasteiger charge is -2.14. The lowest BCUT2D eigenvalue weighted by atomic mass is 9.98. The van der Waals surface area contributed by atoms with E-state index in [0.717, 1.165) is 35.4 Å². The summed E-state index contributed by atoms with van der Waals surface area (Å²) in [5, 5.41) is 0. The van der Waals surface area contributed by atoms with E-state index in [1.807, 2.05) is 31.3 Å². The van der Waals surface area contributed by atoms with Crippen LogP contribution in [0.4, 0.5) is 5.82 Å². The molecule has 4 heteroatoms. The number of rotatable bonds is 6. The molecule has 3 rings (SSSR count). The van der Waals surface area contributed by atoms with Crippen molar-refractivity contribution < 1.29 is 0 Å². The van der Waals surface area contributed by atoms with Crippen molar-refractivity contribution in [3.8, 4) is 0 Å². The summed E-state index contributed by atoms with van der Waals surface area (Å²) < 4.78 is 0. The number of nitrogens with zero attached hydrogens (tertiary/aromatic N) is 2. The lowest BCUT2D eigenvalue weighted by molar-refractivity contribution is 0.705. The third-order valence-corrected chi connectivity index (χ3v) is 4.49. The molecule has 0 spiro atoms. The molecule has 0 fully saturated rings. The molecule has 4 N–H and O–H groups in total. The van der Waals surface area contributed by atoms with Crippen LogP contribution >= 0.6 is 0 Å². The van der Waals surface area contributed by atoms with Gasteiger partial charge in [0.25, 0.3) is 0 Å². The fraction of sp³-hybridized carbons (Fsp3) is 0.273. The highest BCUT2D eigenvalue weighted by molar-refractivity contribution is 5.35. The number of benzene rings is 1. The highest BCUT2D eigenvalue weighted by atomic mass is 14.8. The van der Waals surface area contributed by atoms with E-state index in [9.17, 15) is 0 Å². The molecule has 0 aliphatic carbocycles. The second kappa shape index (κ2) is 8.11. The zero-order chi connectivity index (χ0) is 18.5. The molecule has 0 radical (unpaired) electrons. The summed E-state index contributed by atoms with van der Waals surface area (Å²) in [4.78, 5) is 8.84. The van der Waals surface area contributed by atoms with Gasteiger partial charge in [0.15, 0.2) is 0 Å². The minimum atomic E-state index is -0.0965. The summed E-state index contributed by atoms with van der Waals surface area (Å²) in [5.74, 6) is 0.548. The first-order chi connectivity index (χ1) is 12.5. The van der Waals surface area contributed by atoms with Crippen LogP contribution in [0.1, 0.15) is 39.7 Å². The smallest absolute Gasteiger partial charge is 0.123 e. The zero-order valence-corrected chi connectivity index (χ0v) is 15.4. The van der Waals surface area contributed by atoms with E-state index in [-0.39, 0.29) is 6.04 Å². The van der Waals surface area contributed by atoms with E-state index in [4.69, 9.17) is 11.5 Å². The van der Waals surface area contributed by atoms with Crippen LogP contribution in [0, 0.1) is 13.8 Å². The summed E-state index contributed by atoms with van der Waals surface area (Å²) in [6.45, 7) is 4.12. The van der Waals surface area contributed by atoms with Crippen molar-refractivity contribution in [1.82, 2.24) is 9.97 Å². The van der Waals surface area contributed by atoms with Crippen LogP contribution in [0.15, 0.2) is 54.7 Å². The van der Waals surface area contributed by atoms with Gasteiger partial charge in [0.05, 0.1) is 0 Å². The van der Waals surface area contributed by atoms with Crippen LogP contribution in [-0.2, 0) is 19.3 Å². The molecular formula is C22H26N4. The van der Waals surface area contributed by atoms with E-state index >= 15 is 0 Å². The summed E-state index contributed by atoms with van der Waals surface area (Å²) in [6.07, 6.45) is 4.43. The van der Waals surface area contributed by atoms with Gasteiger partial charge in [-0.2, -0.15) is 0 Å². The molecule has 0 bridgehead atoms. The fourth-order valence-corrected chi connectivity index (χ4v) is 3.20. The molecule has 0 aliphatic rings. The molecule has 0 unspecified atom stereocenters. The van der Waals surface area contributed by atoms with Crippen LogP contribution < -0.4 is 11.5 Å². The van der Waals surface area contributed by atoms with E-state index in [0.29, 0.717) is 12.2 Å². The van der Waals surface area contributed by atoms with Gasteiger partial charge in [0.2, 0.25) is 0 Å². The van der Waals surface area contributed by atoms with E-state index in [1.165, 1.54) is 11.1 Å². The molecule has 2 heterocycles. The van der Waals surface area contributed by atoms with Crippen molar-refractivity contribution in [2.75, 3.05) is 5.73 Å². The average molecular weight is 346 g/mol. The number of hydrogen-bond donors (Lipinski definition) is 2. The van der Waals surface area contributed by atoms with Gasteiger partial charge in [0.1, 0.15) is 5.82 Å². The van der Waals surface area contributed by atoms with Crippen molar-refractivity contribution in [3.63, 3.8) is 0 Å². The van der Waals surface area contributed by atoms with Gasteiger partial charge in [-0.05, 0) is 73.2 Å². The summed E-state index contributed by atoms with van der Waals surface area (Å²) in [5.41, 5.74) is 19.1. The van der Waals surface area contributed by atoms with E-state index in [1.54, 1.807) is 0 Å².